The molecule has 0 aliphatic rings. The standard InChI is InChI=1S/C19H20BrClN2O3/c1-2-3-10-26-17-9-6-14(12-16(17)20)19(25)23-22-18(24)11-13-4-7-15(21)8-5-13/h4-9,12H,2-3,10-11H2,1H3,(H,22,24)(H,23,25). The number of nitrogens with one attached hydrogen (secondary N) is 2. The van der Waals surface area contributed by atoms with Crippen molar-refractivity contribution in [1.29, 1.82) is 0 Å². The van der Waals surface area contributed by atoms with Gasteiger partial charge in [0.15, 0.2) is 0 Å². The van der Waals surface area contributed by atoms with E-state index in [2.05, 4.69) is 33.7 Å². The summed E-state index contributed by atoms with van der Waals surface area (Å²) in [6.07, 6.45) is 2.16. The first-order chi connectivity index (χ1) is 12.5. The van der Waals surface area contributed by atoms with Crippen molar-refractivity contribution in [2.24, 2.45) is 0 Å². The minimum Gasteiger partial charge on any atom is -0.492 e. The summed E-state index contributed by atoms with van der Waals surface area (Å²) >= 11 is 9.20. The molecule has 2 N–H and O–H groups in total. The number of carbonyl (C=O) groups excluding carboxylic acids is 2. The van der Waals surface area contributed by atoms with Gasteiger partial charge < -0.3 is 4.74 Å². The van der Waals surface area contributed by atoms with Crippen LogP contribution in [0.3, 0.4) is 0 Å². The Morgan fingerprint density at radius 1 is 1.12 bits per heavy atom. The number of rotatable bonds is 7. The Morgan fingerprint density at radius 3 is 2.50 bits per heavy atom. The van der Waals surface area contributed by atoms with Crippen LogP contribution in [-0.4, -0.2) is 18.4 Å². The minimum atomic E-state index is -0.407. The van der Waals surface area contributed by atoms with Gasteiger partial charge in [-0.3, -0.25) is 20.4 Å². The first-order valence-corrected chi connectivity index (χ1v) is 9.42. The van der Waals surface area contributed by atoms with Gasteiger partial charge in [0.1, 0.15) is 5.75 Å². The van der Waals surface area contributed by atoms with Crippen molar-refractivity contribution in [3.8, 4) is 5.75 Å². The molecule has 0 fully saturated rings. The second-order valence-corrected chi connectivity index (χ2v) is 6.94. The number of hydrogen-bond acceptors (Lipinski definition) is 3. The van der Waals surface area contributed by atoms with E-state index in [0.717, 1.165) is 18.4 Å². The molecule has 138 valence electrons. The summed E-state index contributed by atoms with van der Waals surface area (Å²) in [5.74, 6) is -0.0451. The van der Waals surface area contributed by atoms with Crippen LogP contribution in [0.5, 0.6) is 5.75 Å². The molecule has 0 aliphatic heterocycles. The van der Waals surface area contributed by atoms with Crippen LogP contribution >= 0.6 is 27.5 Å². The average molecular weight is 440 g/mol. The highest BCUT2D eigenvalue weighted by atomic mass is 79.9. The van der Waals surface area contributed by atoms with Crippen molar-refractivity contribution in [2.75, 3.05) is 6.61 Å². The van der Waals surface area contributed by atoms with Crippen LogP contribution in [0.25, 0.3) is 0 Å². The van der Waals surface area contributed by atoms with Crippen molar-refractivity contribution >= 4 is 39.3 Å². The number of unbranched alkanes of at least 4 members (excludes halogenated alkanes) is 1. The first kappa shape index (κ1) is 20.3. The first-order valence-electron chi connectivity index (χ1n) is 8.25. The van der Waals surface area contributed by atoms with Crippen molar-refractivity contribution in [1.82, 2.24) is 10.9 Å². The van der Waals surface area contributed by atoms with Crippen molar-refractivity contribution in [3.05, 3.63) is 63.1 Å². The predicted molar refractivity (Wildman–Crippen MR) is 105 cm³/mol. The second kappa shape index (κ2) is 10.2. The van der Waals surface area contributed by atoms with E-state index in [0.29, 0.717) is 27.4 Å². The van der Waals surface area contributed by atoms with E-state index >= 15 is 0 Å². The predicted octanol–water partition coefficient (Wildman–Crippen LogP) is 4.29. The highest BCUT2D eigenvalue weighted by Gasteiger charge is 2.11. The summed E-state index contributed by atoms with van der Waals surface area (Å²) in [6.45, 7) is 2.72. The summed E-state index contributed by atoms with van der Waals surface area (Å²) in [5, 5.41) is 0.607. The summed E-state index contributed by atoms with van der Waals surface area (Å²) in [6, 6.07) is 12.0. The monoisotopic (exact) mass is 438 g/mol. The Hall–Kier alpha value is -2.05. The maximum Gasteiger partial charge on any atom is 0.269 e. The van der Waals surface area contributed by atoms with Gasteiger partial charge in [0.05, 0.1) is 17.5 Å². The third kappa shape index (κ3) is 6.35. The normalized spacial score (nSPS) is 10.3. The van der Waals surface area contributed by atoms with Crippen LogP contribution in [0, 0.1) is 0 Å². The van der Waals surface area contributed by atoms with Crippen molar-refractivity contribution in [3.63, 3.8) is 0 Å². The van der Waals surface area contributed by atoms with Gasteiger partial charge in [0, 0.05) is 10.6 Å². The summed E-state index contributed by atoms with van der Waals surface area (Å²) in [4.78, 5) is 24.1. The van der Waals surface area contributed by atoms with Gasteiger partial charge in [-0.1, -0.05) is 37.1 Å². The van der Waals surface area contributed by atoms with Gasteiger partial charge in [0.25, 0.3) is 5.91 Å². The van der Waals surface area contributed by atoms with Crippen molar-refractivity contribution in [2.45, 2.75) is 26.2 Å². The Bertz CT molecular complexity index is 766. The Morgan fingerprint density at radius 2 is 1.85 bits per heavy atom. The van der Waals surface area contributed by atoms with Crippen LogP contribution in [0.15, 0.2) is 46.9 Å². The van der Waals surface area contributed by atoms with E-state index in [9.17, 15) is 9.59 Å². The molecule has 5 nitrogen and oxygen atoms in total. The second-order valence-electron chi connectivity index (χ2n) is 5.65. The number of halogens is 2. The maximum atomic E-state index is 12.2. The maximum absolute atomic E-state index is 12.2. The number of hydrazine groups is 1. The number of benzene rings is 2. The fourth-order valence-corrected chi connectivity index (χ4v) is 2.74. The number of hydrogen-bond donors (Lipinski definition) is 2. The SMILES string of the molecule is CCCCOc1ccc(C(=O)NNC(=O)Cc2ccc(Cl)cc2)cc1Br. The molecule has 0 saturated carbocycles. The zero-order valence-corrected chi connectivity index (χ0v) is 16.7. The van der Waals surface area contributed by atoms with E-state index in [4.69, 9.17) is 16.3 Å². The van der Waals surface area contributed by atoms with E-state index in [1.807, 2.05) is 0 Å². The topological polar surface area (TPSA) is 67.4 Å². The van der Waals surface area contributed by atoms with Crippen LogP contribution in [0.2, 0.25) is 5.02 Å². The molecule has 26 heavy (non-hydrogen) atoms. The van der Waals surface area contributed by atoms with Crippen LogP contribution in [0.4, 0.5) is 0 Å². The van der Waals surface area contributed by atoms with Gasteiger partial charge in [-0.15, -0.1) is 0 Å². The minimum absolute atomic E-state index is 0.144. The fourth-order valence-electron chi connectivity index (χ4n) is 2.12. The van der Waals surface area contributed by atoms with Gasteiger partial charge in [0.2, 0.25) is 5.91 Å². The lowest BCUT2D eigenvalue weighted by Crippen LogP contribution is -2.42. The Balaban J connectivity index is 1.85. The molecule has 2 amide bonds. The highest BCUT2D eigenvalue weighted by molar-refractivity contribution is 9.10. The molecular weight excluding hydrogens is 420 g/mol. The van der Waals surface area contributed by atoms with Gasteiger partial charge >= 0.3 is 0 Å². The molecule has 0 spiro atoms. The molecule has 0 bridgehead atoms. The lowest BCUT2D eigenvalue weighted by molar-refractivity contribution is -0.121. The number of carbonyl (C=O) groups is 2. The van der Waals surface area contributed by atoms with Gasteiger partial charge in [-0.2, -0.15) is 0 Å². The lowest BCUT2D eigenvalue weighted by Gasteiger charge is -2.10. The van der Waals surface area contributed by atoms with Crippen LogP contribution in [-0.2, 0) is 11.2 Å². The number of ether oxygens (including phenoxy) is 1. The summed E-state index contributed by atoms with van der Waals surface area (Å²) in [5.41, 5.74) is 6.02. The summed E-state index contributed by atoms with van der Waals surface area (Å²) < 4.78 is 6.32. The van der Waals surface area contributed by atoms with E-state index < -0.39 is 5.91 Å². The van der Waals surface area contributed by atoms with E-state index in [-0.39, 0.29) is 12.3 Å². The quantitative estimate of drug-likeness (QED) is 0.500. The largest absolute Gasteiger partial charge is 0.492 e. The molecule has 0 unspecified atom stereocenters. The molecule has 0 heterocycles. The van der Waals surface area contributed by atoms with Crippen LogP contribution < -0.4 is 15.6 Å². The summed E-state index contributed by atoms with van der Waals surface area (Å²) in [7, 11) is 0. The average Bonchev–Trinajstić information content (AvgIpc) is 2.63. The Labute approximate surface area is 166 Å². The van der Waals surface area contributed by atoms with Crippen LogP contribution in [0.1, 0.15) is 35.7 Å². The molecule has 0 atom stereocenters. The smallest absolute Gasteiger partial charge is 0.269 e. The fraction of sp³-hybridized carbons (Fsp3) is 0.263. The highest BCUT2D eigenvalue weighted by Crippen LogP contribution is 2.26. The molecule has 0 saturated heterocycles. The van der Waals surface area contributed by atoms with E-state index in [1.165, 1.54) is 0 Å². The third-order valence-electron chi connectivity index (χ3n) is 3.54. The molecule has 2 aromatic rings. The molecule has 2 aromatic carbocycles. The van der Waals surface area contributed by atoms with Gasteiger partial charge in [-0.25, -0.2) is 0 Å². The van der Waals surface area contributed by atoms with Crippen molar-refractivity contribution < 1.29 is 14.3 Å². The van der Waals surface area contributed by atoms with Gasteiger partial charge in [-0.05, 0) is 58.2 Å². The third-order valence-corrected chi connectivity index (χ3v) is 4.41. The lowest BCUT2D eigenvalue weighted by atomic mass is 10.1. The molecule has 7 heteroatoms. The number of amides is 2. The zero-order valence-electron chi connectivity index (χ0n) is 14.4. The Kier molecular flexibility index (Phi) is 7.94. The molecular formula is C19H20BrClN2O3. The zero-order chi connectivity index (χ0) is 18.9. The van der Waals surface area contributed by atoms with E-state index in [1.54, 1.807) is 42.5 Å². The molecule has 0 aromatic heterocycles. The molecule has 0 radical (unpaired) electrons. The molecule has 2 rings (SSSR count). The molecule has 0 aliphatic carbocycles.